The van der Waals surface area contributed by atoms with Crippen molar-refractivity contribution in [3.05, 3.63) is 40.0 Å². The number of amides is 2. The molecule has 4 atom stereocenters. The van der Waals surface area contributed by atoms with Crippen molar-refractivity contribution in [3.8, 4) is 0 Å². The van der Waals surface area contributed by atoms with Gasteiger partial charge in [0.1, 0.15) is 0 Å². The third-order valence-electron chi connectivity index (χ3n) is 5.15. The predicted molar refractivity (Wildman–Crippen MR) is 91.1 cm³/mol. The Balaban J connectivity index is 1.56. The van der Waals surface area contributed by atoms with Crippen LogP contribution in [0.1, 0.15) is 0 Å². The lowest BCUT2D eigenvalue weighted by Crippen LogP contribution is -2.49. The van der Waals surface area contributed by atoms with Crippen LogP contribution in [0.15, 0.2) is 36.4 Å². The van der Waals surface area contributed by atoms with Crippen molar-refractivity contribution in [1.82, 2.24) is 0 Å². The number of imide groups is 1. The first-order chi connectivity index (χ1) is 11.6. The van der Waals surface area contributed by atoms with Crippen molar-refractivity contribution in [2.45, 2.75) is 18.0 Å². The molecule has 3 saturated heterocycles. The van der Waals surface area contributed by atoms with Gasteiger partial charge in [-0.3, -0.25) is 9.59 Å². The summed E-state index contributed by atoms with van der Waals surface area (Å²) < 4.78 is 18.3. The topological polar surface area (TPSA) is 65.1 Å². The molecule has 4 aliphatic heterocycles. The number of hydrogen-bond donors (Lipinski definition) is 0. The van der Waals surface area contributed by atoms with Crippen LogP contribution >= 0.6 is 22.6 Å². The standard InChI is InChI=1S/C17H14INO5/c18-9-1-3-10(4-2-9)19-14(20)12-11-5-6-17(24-11,13(12)15(19)21)16-22-7-8-23-16/h1-6,11-13,16H,7-8H2/t11-,12-,13+,17-/m1/s1. The Morgan fingerprint density at radius 1 is 1.08 bits per heavy atom. The van der Waals surface area contributed by atoms with E-state index in [1.807, 2.05) is 24.3 Å². The molecule has 24 heavy (non-hydrogen) atoms. The smallest absolute Gasteiger partial charge is 0.241 e. The molecule has 0 N–H and O–H groups in total. The number of benzene rings is 1. The van der Waals surface area contributed by atoms with E-state index in [1.165, 1.54) is 4.90 Å². The highest BCUT2D eigenvalue weighted by molar-refractivity contribution is 14.1. The van der Waals surface area contributed by atoms with Crippen LogP contribution in [0.3, 0.4) is 0 Å². The Labute approximate surface area is 151 Å². The number of rotatable bonds is 2. The lowest BCUT2D eigenvalue weighted by molar-refractivity contribution is -0.180. The Kier molecular flexibility index (Phi) is 3.19. The minimum atomic E-state index is -0.990. The molecule has 0 saturated carbocycles. The van der Waals surface area contributed by atoms with Gasteiger partial charge in [-0.05, 0) is 52.9 Å². The van der Waals surface area contributed by atoms with Gasteiger partial charge >= 0.3 is 0 Å². The second kappa shape index (κ2) is 5.10. The fraction of sp³-hybridized carbons (Fsp3) is 0.412. The number of carbonyl (C=O) groups is 2. The number of halogens is 1. The molecule has 0 radical (unpaired) electrons. The lowest BCUT2D eigenvalue weighted by atomic mass is 9.76. The Morgan fingerprint density at radius 3 is 2.50 bits per heavy atom. The largest absolute Gasteiger partial charge is 0.357 e. The summed E-state index contributed by atoms with van der Waals surface area (Å²) in [4.78, 5) is 27.3. The van der Waals surface area contributed by atoms with Crippen LogP contribution in [0.2, 0.25) is 0 Å². The van der Waals surface area contributed by atoms with Crippen molar-refractivity contribution in [2.75, 3.05) is 18.1 Å². The number of anilines is 1. The summed E-state index contributed by atoms with van der Waals surface area (Å²) in [5, 5.41) is 0. The monoisotopic (exact) mass is 439 g/mol. The van der Waals surface area contributed by atoms with Gasteiger partial charge in [0.05, 0.1) is 36.8 Å². The molecule has 0 spiro atoms. The Bertz CT molecular complexity index is 757. The van der Waals surface area contributed by atoms with Crippen molar-refractivity contribution in [2.24, 2.45) is 11.8 Å². The molecule has 124 valence electrons. The van der Waals surface area contributed by atoms with Crippen molar-refractivity contribution < 1.29 is 23.8 Å². The summed E-state index contributed by atoms with van der Waals surface area (Å²) >= 11 is 2.19. The highest BCUT2D eigenvalue weighted by atomic mass is 127. The number of nitrogens with zero attached hydrogens (tertiary/aromatic N) is 1. The van der Waals surface area contributed by atoms with E-state index in [1.54, 1.807) is 12.1 Å². The van der Waals surface area contributed by atoms with Gasteiger partial charge in [-0.1, -0.05) is 6.08 Å². The second-order valence-electron chi connectivity index (χ2n) is 6.36. The normalized spacial score (nSPS) is 37.7. The molecule has 4 aliphatic rings. The summed E-state index contributed by atoms with van der Waals surface area (Å²) in [6.45, 7) is 0.934. The predicted octanol–water partition coefficient (Wildman–Crippen LogP) is 1.48. The van der Waals surface area contributed by atoms with Crippen molar-refractivity contribution in [1.29, 1.82) is 0 Å². The van der Waals surface area contributed by atoms with Crippen LogP contribution in [-0.4, -0.2) is 43.0 Å². The van der Waals surface area contributed by atoms with Gasteiger partial charge in [-0.25, -0.2) is 4.90 Å². The maximum Gasteiger partial charge on any atom is 0.241 e. The maximum atomic E-state index is 13.1. The molecular weight excluding hydrogens is 425 g/mol. The first-order valence-corrected chi connectivity index (χ1v) is 8.93. The van der Waals surface area contributed by atoms with Gasteiger partial charge < -0.3 is 14.2 Å². The van der Waals surface area contributed by atoms with Gasteiger partial charge in [0.25, 0.3) is 0 Å². The summed E-state index contributed by atoms with van der Waals surface area (Å²) in [5.41, 5.74) is -0.390. The molecule has 6 nitrogen and oxygen atoms in total. The third kappa shape index (κ3) is 1.81. The van der Waals surface area contributed by atoms with E-state index in [0.29, 0.717) is 18.9 Å². The van der Waals surface area contributed by atoms with E-state index >= 15 is 0 Å². The quantitative estimate of drug-likeness (QED) is 0.397. The molecule has 1 aromatic carbocycles. The molecule has 0 aliphatic carbocycles. The fourth-order valence-corrected chi connectivity index (χ4v) is 4.53. The average Bonchev–Trinajstić information content (AvgIpc) is 3.33. The Morgan fingerprint density at radius 2 is 1.79 bits per heavy atom. The number of ether oxygens (including phenoxy) is 3. The number of hydrogen-bond acceptors (Lipinski definition) is 5. The fourth-order valence-electron chi connectivity index (χ4n) is 4.17. The summed E-state index contributed by atoms with van der Waals surface area (Å²) in [7, 11) is 0. The molecule has 7 heteroatoms. The van der Waals surface area contributed by atoms with Gasteiger partial charge in [0.15, 0.2) is 11.9 Å². The molecule has 1 aromatic rings. The third-order valence-corrected chi connectivity index (χ3v) is 5.87. The molecule has 0 aromatic heterocycles. The van der Waals surface area contributed by atoms with Crippen LogP contribution in [0.5, 0.6) is 0 Å². The zero-order valence-electron chi connectivity index (χ0n) is 12.6. The van der Waals surface area contributed by atoms with Gasteiger partial charge in [0.2, 0.25) is 11.8 Å². The van der Waals surface area contributed by atoms with E-state index in [-0.39, 0.29) is 11.8 Å². The lowest BCUT2D eigenvalue weighted by Gasteiger charge is -2.32. The van der Waals surface area contributed by atoms with Gasteiger partial charge in [-0.2, -0.15) is 0 Å². The molecule has 0 unspecified atom stereocenters. The van der Waals surface area contributed by atoms with Crippen LogP contribution < -0.4 is 4.90 Å². The van der Waals surface area contributed by atoms with Crippen LogP contribution in [0.4, 0.5) is 5.69 Å². The second-order valence-corrected chi connectivity index (χ2v) is 7.61. The SMILES string of the molecule is O=C1[C@H]2[C@@H](C(=O)N1c1ccc(I)cc1)[C@@]1(C3OCCO3)C=C[C@H]2O1. The van der Waals surface area contributed by atoms with Crippen LogP contribution in [-0.2, 0) is 23.8 Å². The van der Waals surface area contributed by atoms with Crippen molar-refractivity contribution in [3.63, 3.8) is 0 Å². The van der Waals surface area contributed by atoms with Gasteiger partial charge in [0, 0.05) is 3.57 Å². The molecule has 2 bridgehead atoms. The Hall–Kier alpha value is -1.29. The molecule has 2 amide bonds. The first-order valence-electron chi connectivity index (χ1n) is 7.85. The van der Waals surface area contributed by atoms with E-state index < -0.39 is 29.8 Å². The van der Waals surface area contributed by atoms with E-state index in [9.17, 15) is 9.59 Å². The average molecular weight is 439 g/mol. The van der Waals surface area contributed by atoms with Crippen LogP contribution in [0.25, 0.3) is 0 Å². The highest BCUT2D eigenvalue weighted by Crippen LogP contribution is 2.55. The molecule has 3 fully saturated rings. The van der Waals surface area contributed by atoms with E-state index in [2.05, 4.69) is 22.6 Å². The zero-order valence-corrected chi connectivity index (χ0v) is 14.7. The highest BCUT2D eigenvalue weighted by Gasteiger charge is 2.71. The minimum Gasteiger partial charge on any atom is -0.357 e. The van der Waals surface area contributed by atoms with Gasteiger partial charge in [-0.15, -0.1) is 0 Å². The molecule has 4 heterocycles. The number of carbonyl (C=O) groups excluding carboxylic acids is 2. The van der Waals surface area contributed by atoms with E-state index in [0.717, 1.165) is 3.57 Å². The summed E-state index contributed by atoms with van der Waals surface area (Å²) in [6, 6.07) is 7.36. The molecular formula is C17H14INO5. The molecule has 5 rings (SSSR count). The first kappa shape index (κ1) is 15.0. The van der Waals surface area contributed by atoms with E-state index in [4.69, 9.17) is 14.2 Å². The number of fused-ring (bicyclic) bond motifs is 5. The maximum absolute atomic E-state index is 13.1. The summed E-state index contributed by atoms with van der Waals surface area (Å²) in [5.74, 6) is -1.55. The minimum absolute atomic E-state index is 0.208. The zero-order chi connectivity index (χ0) is 16.5. The summed E-state index contributed by atoms with van der Waals surface area (Å²) in [6.07, 6.45) is 2.67. The van der Waals surface area contributed by atoms with Crippen LogP contribution in [0, 0.1) is 15.4 Å². The van der Waals surface area contributed by atoms with Crippen molar-refractivity contribution >= 4 is 40.1 Å².